The van der Waals surface area contributed by atoms with E-state index in [2.05, 4.69) is 15.5 Å². The fourth-order valence-corrected chi connectivity index (χ4v) is 1.92. The van der Waals surface area contributed by atoms with E-state index >= 15 is 0 Å². The van der Waals surface area contributed by atoms with Gasteiger partial charge in [0.1, 0.15) is 0 Å². The van der Waals surface area contributed by atoms with Gasteiger partial charge in [0.05, 0.1) is 12.3 Å². The SMILES string of the molecule is COC(Cn1nnnc1SCC(=O)N(C)C)OC. The number of nitrogens with zero attached hydrogens (tertiary/aromatic N) is 5. The van der Waals surface area contributed by atoms with Gasteiger partial charge in [-0.2, -0.15) is 0 Å². The average molecular weight is 275 g/mol. The molecule has 0 aliphatic rings. The van der Waals surface area contributed by atoms with Gasteiger partial charge in [0.15, 0.2) is 6.29 Å². The van der Waals surface area contributed by atoms with Crippen molar-refractivity contribution >= 4 is 17.7 Å². The molecule has 0 saturated carbocycles. The van der Waals surface area contributed by atoms with E-state index < -0.39 is 6.29 Å². The van der Waals surface area contributed by atoms with Crippen molar-refractivity contribution in [3.8, 4) is 0 Å². The van der Waals surface area contributed by atoms with Crippen LogP contribution in [0, 0.1) is 0 Å². The highest BCUT2D eigenvalue weighted by Gasteiger charge is 2.14. The molecule has 0 bridgehead atoms. The molecule has 18 heavy (non-hydrogen) atoms. The van der Waals surface area contributed by atoms with Crippen LogP contribution in [0.4, 0.5) is 0 Å². The van der Waals surface area contributed by atoms with Crippen LogP contribution in [-0.4, -0.2) is 71.4 Å². The molecule has 0 spiro atoms. The number of ether oxygens (including phenoxy) is 2. The molecular weight excluding hydrogens is 258 g/mol. The van der Waals surface area contributed by atoms with Gasteiger partial charge in [-0.05, 0) is 10.4 Å². The van der Waals surface area contributed by atoms with Gasteiger partial charge in [0.2, 0.25) is 11.1 Å². The number of aromatic nitrogens is 4. The monoisotopic (exact) mass is 275 g/mol. The van der Waals surface area contributed by atoms with E-state index in [4.69, 9.17) is 9.47 Å². The van der Waals surface area contributed by atoms with E-state index in [1.54, 1.807) is 33.0 Å². The van der Waals surface area contributed by atoms with Crippen LogP contribution in [0.15, 0.2) is 5.16 Å². The van der Waals surface area contributed by atoms with Gasteiger partial charge in [-0.25, -0.2) is 4.68 Å². The second-order valence-electron chi connectivity index (χ2n) is 3.62. The van der Waals surface area contributed by atoms with Crippen LogP contribution in [0.3, 0.4) is 0 Å². The second-order valence-corrected chi connectivity index (χ2v) is 4.56. The van der Waals surface area contributed by atoms with Gasteiger partial charge in [0.25, 0.3) is 0 Å². The minimum Gasteiger partial charge on any atom is -0.354 e. The maximum absolute atomic E-state index is 11.5. The summed E-state index contributed by atoms with van der Waals surface area (Å²) in [7, 11) is 6.50. The number of thioether (sulfide) groups is 1. The van der Waals surface area contributed by atoms with Crippen molar-refractivity contribution in [1.82, 2.24) is 25.1 Å². The molecule has 0 saturated heterocycles. The van der Waals surface area contributed by atoms with Crippen molar-refractivity contribution in [1.29, 1.82) is 0 Å². The number of carbonyl (C=O) groups excluding carboxylic acids is 1. The third-order valence-corrected chi connectivity index (χ3v) is 3.11. The van der Waals surface area contributed by atoms with Crippen LogP contribution in [0.1, 0.15) is 0 Å². The zero-order chi connectivity index (χ0) is 13.5. The summed E-state index contributed by atoms with van der Waals surface area (Å²) in [6.45, 7) is 0.374. The average Bonchev–Trinajstić information content (AvgIpc) is 2.79. The number of rotatable bonds is 7. The molecule has 102 valence electrons. The van der Waals surface area contributed by atoms with Gasteiger partial charge >= 0.3 is 0 Å². The topological polar surface area (TPSA) is 82.4 Å². The second kappa shape index (κ2) is 7.29. The fourth-order valence-electron chi connectivity index (χ4n) is 1.06. The Hall–Kier alpha value is -1.19. The lowest BCUT2D eigenvalue weighted by Crippen LogP contribution is -2.24. The Kier molecular flexibility index (Phi) is 6.02. The number of amides is 1. The summed E-state index contributed by atoms with van der Waals surface area (Å²) in [6, 6.07) is 0. The summed E-state index contributed by atoms with van der Waals surface area (Å²) in [6.07, 6.45) is -0.419. The minimum absolute atomic E-state index is 0.00424. The van der Waals surface area contributed by atoms with Crippen molar-refractivity contribution < 1.29 is 14.3 Å². The Morgan fingerprint density at radius 2 is 2.11 bits per heavy atom. The van der Waals surface area contributed by atoms with E-state index in [1.807, 2.05) is 0 Å². The largest absolute Gasteiger partial charge is 0.354 e. The summed E-state index contributed by atoms with van der Waals surface area (Å²) in [4.78, 5) is 13.0. The first-order valence-electron chi connectivity index (χ1n) is 5.23. The molecule has 0 unspecified atom stereocenters. The van der Waals surface area contributed by atoms with Crippen LogP contribution in [0.5, 0.6) is 0 Å². The Bertz CT molecular complexity index is 380. The van der Waals surface area contributed by atoms with E-state index in [0.717, 1.165) is 0 Å². The van der Waals surface area contributed by atoms with Crippen molar-refractivity contribution in [2.45, 2.75) is 18.0 Å². The molecule has 0 fully saturated rings. The molecule has 1 heterocycles. The molecule has 1 rings (SSSR count). The molecule has 1 amide bonds. The highest BCUT2D eigenvalue weighted by atomic mass is 32.2. The zero-order valence-corrected chi connectivity index (χ0v) is 11.7. The van der Waals surface area contributed by atoms with Gasteiger partial charge in [-0.15, -0.1) is 5.10 Å². The number of tetrazole rings is 1. The highest BCUT2D eigenvalue weighted by Crippen LogP contribution is 2.14. The molecule has 0 aromatic carbocycles. The van der Waals surface area contributed by atoms with Crippen LogP contribution in [0.2, 0.25) is 0 Å². The van der Waals surface area contributed by atoms with Gasteiger partial charge in [-0.3, -0.25) is 4.79 Å². The predicted molar refractivity (Wildman–Crippen MR) is 65.0 cm³/mol. The van der Waals surface area contributed by atoms with E-state index in [1.165, 1.54) is 16.7 Å². The molecule has 1 aromatic rings. The third-order valence-electron chi connectivity index (χ3n) is 2.17. The molecule has 1 aromatic heterocycles. The molecule has 0 aliphatic carbocycles. The van der Waals surface area contributed by atoms with Gasteiger partial charge in [0, 0.05) is 28.3 Å². The molecule has 8 nitrogen and oxygen atoms in total. The smallest absolute Gasteiger partial charge is 0.232 e. The first-order chi connectivity index (χ1) is 8.58. The van der Waals surface area contributed by atoms with E-state index in [0.29, 0.717) is 11.7 Å². The van der Waals surface area contributed by atoms with Crippen molar-refractivity contribution in [2.75, 3.05) is 34.1 Å². The molecule has 0 radical (unpaired) electrons. The quantitative estimate of drug-likeness (QED) is 0.489. The highest BCUT2D eigenvalue weighted by molar-refractivity contribution is 7.99. The van der Waals surface area contributed by atoms with E-state index in [-0.39, 0.29) is 11.7 Å². The lowest BCUT2D eigenvalue weighted by molar-refractivity contribution is -0.125. The molecular formula is C9H17N5O3S. The van der Waals surface area contributed by atoms with Gasteiger partial charge < -0.3 is 14.4 Å². The predicted octanol–water partition coefficient (Wildman–Crippen LogP) is -0.528. The van der Waals surface area contributed by atoms with Crippen LogP contribution >= 0.6 is 11.8 Å². The molecule has 9 heteroatoms. The molecule has 0 N–H and O–H groups in total. The third kappa shape index (κ3) is 4.24. The van der Waals surface area contributed by atoms with Crippen LogP contribution in [0.25, 0.3) is 0 Å². The van der Waals surface area contributed by atoms with Crippen LogP contribution < -0.4 is 0 Å². The molecule has 0 aliphatic heterocycles. The maximum atomic E-state index is 11.5. The normalized spacial score (nSPS) is 10.9. The summed E-state index contributed by atoms with van der Waals surface area (Å²) < 4.78 is 11.7. The van der Waals surface area contributed by atoms with E-state index in [9.17, 15) is 4.79 Å². The number of carbonyl (C=O) groups is 1. The number of methoxy groups -OCH3 is 2. The first kappa shape index (κ1) is 14.9. The maximum Gasteiger partial charge on any atom is 0.232 e. The van der Waals surface area contributed by atoms with Crippen molar-refractivity contribution in [3.63, 3.8) is 0 Å². The summed E-state index contributed by atoms with van der Waals surface area (Å²) in [5.41, 5.74) is 0. The lowest BCUT2D eigenvalue weighted by Gasteiger charge is -2.13. The van der Waals surface area contributed by atoms with Crippen LogP contribution in [-0.2, 0) is 20.8 Å². The van der Waals surface area contributed by atoms with Gasteiger partial charge in [-0.1, -0.05) is 11.8 Å². The standard InChI is InChI=1S/C9H17N5O3S/c1-13(2)7(15)6-18-9-10-11-12-14(9)5-8(16-3)17-4/h8H,5-6H2,1-4H3. The summed E-state index contributed by atoms with van der Waals surface area (Å²) >= 11 is 1.28. The fraction of sp³-hybridized carbons (Fsp3) is 0.778. The Labute approximate surface area is 110 Å². The summed E-state index contributed by atoms with van der Waals surface area (Å²) in [5, 5.41) is 11.8. The minimum atomic E-state index is -0.419. The zero-order valence-electron chi connectivity index (χ0n) is 10.9. The number of hydrogen-bond donors (Lipinski definition) is 0. The van der Waals surface area contributed by atoms with Crippen molar-refractivity contribution in [3.05, 3.63) is 0 Å². The van der Waals surface area contributed by atoms with Crippen molar-refractivity contribution in [2.24, 2.45) is 0 Å². The summed E-state index contributed by atoms with van der Waals surface area (Å²) in [5.74, 6) is 0.294. The number of hydrogen-bond acceptors (Lipinski definition) is 7. The Balaban J connectivity index is 2.57. The lowest BCUT2D eigenvalue weighted by atomic mass is 10.6. The first-order valence-corrected chi connectivity index (χ1v) is 6.21. The Morgan fingerprint density at radius 3 is 2.67 bits per heavy atom. The molecule has 0 atom stereocenters. The Morgan fingerprint density at radius 1 is 1.44 bits per heavy atom.